The molecule has 0 spiro atoms. The van der Waals surface area contributed by atoms with E-state index >= 15 is 0 Å². The van der Waals surface area contributed by atoms with Crippen LogP contribution in [0, 0.1) is 0 Å². The van der Waals surface area contributed by atoms with Crippen LogP contribution in [-0.4, -0.2) is 40.7 Å². The molecule has 1 N–H and O–H groups in total. The molecular weight excluding hydrogens is 260 g/mol. The van der Waals surface area contributed by atoms with E-state index in [9.17, 15) is 9.59 Å². The van der Waals surface area contributed by atoms with Gasteiger partial charge in [-0.2, -0.15) is 0 Å². The number of methoxy groups -OCH3 is 1. The quantitative estimate of drug-likeness (QED) is 0.827. The molecule has 7 heteroatoms. The number of hydrogen-bond acceptors (Lipinski definition) is 5. The number of carbonyl (C=O) groups is 1. The van der Waals surface area contributed by atoms with E-state index in [4.69, 9.17) is 4.74 Å². The Morgan fingerprint density at radius 1 is 1.45 bits per heavy atom. The van der Waals surface area contributed by atoms with Gasteiger partial charge in [0.25, 0.3) is 5.56 Å². The number of benzene rings is 1. The minimum Gasteiger partial charge on any atom is -0.383 e. The van der Waals surface area contributed by atoms with Crippen LogP contribution in [0.4, 0.5) is 0 Å². The zero-order valence-electron chi connectivity index (χ0n) is 11.4. The number of amides is 1. The van der Waals surface area contributed by atoms with E-state index in [1.165, 1.54) is 0 Å². The summed E-state index contributed by atoms with van der Waals surface area (Å²) in [7, 11) is 1.56. The fraction of sp³-hybridized carbons (Fsp3) is 0.385. The van der Waals surface area contributed by atoms with E-state index < -0.39 is 0 Å². The van der Waals surface area contributed by atoms with Gasteiger partial charge in [0.1, 0.15) is 12.1 Å². The molecule has 0 aliphatic heterocycles. The maximum absolute atomic E-state index is 12.1. The summed E-state index contributed by atoms with van der Waals surface area (Å²) >= 11 is 0. The molecule has 0 bridgehead atoms. The predicted molar refractivity (Wildman–Crippen MR) is 73.3 cm³/mol. The van der Waals surface area contributed by atoms with Gasteiger partial charge in [-0.05, 0) is 19.1 Å². The van der Waals surface area contributed by atoms with Gasteiger partial charge in [0.05, 0.1) is 12.0 Å². The Bertz CT molecular complexity index is 668. The standard InChI is InChI=1S/C13H16N4O3/c1-9(8-20-2)14-12(18)7-17-13(19)10-5-3-4-6-11(10)15-16-17/h3-6,9H,7-8H2,1-2H3,(H,14,18)/t9-/m1/s1. The van der Waals surface area contributed by atoms with Crippen molar-refractivity contribution in [3.05, 3.63) is 34.6 Å². The molecular formula is C13H16N4O3. The van der Waals surface area contributed by atoms with Crippen molar-refractivity contribution in [3.63, 3.8) is 0 Å². The molecule has 7 nitrogen and oxygen atoms in total. The van der Waals surface area contributed by atoms with Crippen LogP contribution in [0.1, 0.15) is 6.92 Å². The Kier molecular flexibility index (Phi) is 4.41. The summed E-state index contributed by atoms with van der Waals surface area (Å²) in [5.74, 6) is -0.304. The molecule has 0 unspecified atom stereocenters. The SMILES string of the molecule is COC[C@@H](C)NC(=O)Cn1nnc2ccccc2c1=O. The second-order valence-corrected chi connectivity index (χ2v) is 4.49. The summed E-state index contributed by atoms with van der Waals surface area (Å²) in [6.45, 7) is 2.06. The van der Waals surface area contributed by atoms with Gasteiger partial charge in [0.2, 0.25) is 5.91 Å². The van der Waals surface area contributed by atoms with Gasteiger partial charge in [0.15, 0.2) is 0 Å². The summed E-state index contributed by atoms with van der Waals surface area (Å²) in [6.07, 6.45) is 0. The van der Waals surface area contributed by atoms with Crippen LogP contribution in [0.5, 0.6) is 0 Å². The first-order valence-electron chi connectivity index (χ1n) is 6.22. The Balaban J connectivity index is 2.16. The van der Waals surface area contributed by atoms with Gasteiger partial charge >= 0.3 is 0 Å². The third kappa shape index (κ3) is 3.18. The second-order valence-electron chi connectivity index (χ2n) is 4.49. The molecule has 106 valence electrons. The minimum atomic E-state index is -0.329. The van der Waals surface area contributed by atoms with Crippen molar-refractivity contribution in [1.82, 2.24) is 20.3 Å². The van der Waals surface area contributed by atoms with Crippen molar-refractivity contribution in [3.8, 4) is 0 Å². The maximum atomic E-state index is 12.1. The highest BCUT2D eigenvalue weighted by atomic mass is 16.5. The molecule has 0 fully saturated rings. The summed E-state index contributed by atoms with van der Waals surface area (Å²) in [5.41, 5.74) is 0.187. The Labute approximate surface area is 115 Å². The summed E-state index contributed by atoms with van der Waals surface area (Å²) in [5, 5.41) is 10.8. The largest absolute Gasteiger partial charge is 0.383 e. The number of rotatable bonds is 5. The Morgan fingerprint density at radius 3 is 2.95 bits per heavy atom. The van der Waals surface area contributed by atoms with Crippen LogP contribution < -0.4 is 10.9 Å². The number of nitrogens with one attached hydrogen (secondary N) is 1. The van der Waals surface area contributed by atoms with Crippen LogP contribution in [0.25, 0.3) is 10.9 Å². The molecule has 1 heterocycles. The number of carbonyl (C=O) groups excluding carboxylic acids is 1. The molecule has 0 saturated carbocycles. The van der Waals surface area contributed by atoms with Crippen LogP contribution in [0.3, 0.4) is 0 Å². The highest BCUT2D eigenvalue weighted by Gasteiger charge is 2.11. The van der Waals surface area contributed by atoms with E-state index in [1.54, 1.807) is 31.4 Å². The van der Waals surface area contributed by atoms with Crippen molar-refractivity contribution >= 4 is 16.8 Å². The monoisotopic (exact) mass is 276 g/mol. The number of ether oxygens (including phenoxy) is 1. The molecule has 0 saturated heterocycles. The second kappa shape index (κ2) is 6.25. The van der Waals surface area contributed by atoms with Gasteiger partial charge < -0.3 is 10.1 Å². The zero-order chi connectivity index (χ0) is 14.5. The Morgan fingerprint density at radius 2 is 2.20 bits per heavy atom. The van der Waals surface area contributed by atoms with E-state index in [0.29, 0.717) is 17.5 Å². The van der Waals surface area contributed by atoms with Crippen LogP contribution in [0.15, 0.2) is 29.1 Å². The molecule has 20 heavy (non-hydrogen) atoms. The third-order valence-corrected chi connectivity index (χ3v) is 2.75. The van der Waals surface area contributed by atoms with E-state index in [-0.39, 0.29) is 24.1 Å². The lowest BCUT2D eigenvalue weighted by Crippen LogP contribution is -2.40. The molecule has 1 atom stereocenters. The van der Waals surface area contributed by atoms with E-state index in [0.717, 1.165) is 4.68 Å². The first-order chi connectivity index (χ1) is 9.61. The molecule has 1 aromatic heterocycles. The third-order valence-electron chi connectivity index (χ3n) is 2.75. The smallest absolute Gasteiger partial charge is 0.278 e. The predicted octanol–water partition coefficient (Wildman–Crippen LogP) is -0.0574. The average Bonchev–Trinajstić information content (AvgIpc) is 2.42. The molecule has 0 aliphatic rings. The van der Waals surface area contributed by atoms with Gasteiger partial charge in [0, 0.05) is 13.2 Å². The average molecular weight is 276 g/mol. The molecule has 2 aromatic rings. The lowest BCUT2D eigenvalue weighted by atomic mass is 10.2. The summed E-state index contributed by atoms with van der Waals surface area (Å²) in [6, 6.07) is 6.76. The highest BCUT2D eigenvalue weighted by Crippen LogP contribution is 2.03. The lowest BCUT2D eigenvalue weighted by molar-refractivity contribution is -0.122. The van der Waals surface area contributed by atoms with Crippen LogP contribution in [0.2, 0.25) is 0 Å². The van der Waals surface area contributed by atoms with E-state index in [2.05, 4.69) is 15.6 Å². The normalized spacial score (nSPS) is 12.3. The molecule has 0 radical (unpaired) electrons. The van der Waals surface area contributed by atoms with Crippen LogP contribution >= 0.6 is 0 Å². The number of hydrogen-bond donors (Lipinski definition) is 1. The summed E-state index contributed by atoms with van der Waals surface area (Å²) < 4.78 is 5.98. The number of fused-ring (bicyclic) bond motifs is 1. The van der Waals surface area contributed by atoms with Crippen molar-refractivity contribution in [2.75, 3.05) is 13.7 Å². The number of aromatic nitrogens is 3. The van der Waals surface area contributed by atoms with Crippen molar-refractivity contribution in [2.45, 2.75) is 19.5 Å². The van der Waals surface area contributed by atoms with Gasteiger partial charge in [-0.25, -0.2) is 4.68 Å². The Hall–Kier alpha value is -2.28. The van der Waals surface area contributed by atoms with E-state index in [1.807, 2.05) is 6.92 Å². The maximum Gasteiger partial charge on any atom is 0.278 e. The van der Waals surface area contributed by atoms with Crippen molar-refractivity contribution < 1.29 is 9.53 Å². The van der Waals surface area contributed by atoms with Crippen LogP contribution in [-0.2, 0) is 16.1 Å². The van der Waals surface area contributed by atoms with Gasteiger partial charge in [-0.15, -0.1) is 5.10 Å². The topological polar surface area (TPSA) is 86.1 Å². The van der Waals surface area contributed by atoms with Gasteiger partial charge in [-0.3, -0.25) is 9.59 Å². The van der Waals surface area contributed by atoms with Gasteiger partial charge in [-0.1, -0.05) is 17.3 Å². The number of nitrogens with zero attached hydrogens (tertiary/aromatic N) is 3. The lowest BCUT2D eigenvalue weighted by Gasteiger charge is -2.12. The zero-order valence-corrected chi connectivity index (χ0v) is 11.4. The molecule has 2 rings (SSSR count). The minimum absolute atomic E-state index is 0.128. The molecule has 1 amide bonds. The fourth-order valence-corrected chi connectivity index (χ4v) is 1.88. The molecule has 1 aromatic carbocycles. The highest BCUT2D eigenvalue weighted by molar-refractivity contribution is 5.78. The molecule has 0 aliphatic carbocycles. The first-order valence-corrected chi connectivity index (χ1v) is 6.22. The van der Waals surface area contributed by atoms with Crippen molar-refractivity contribution in [2.24, 2.45) is 0 Å². The van der Waals surface area contributed by atoms with Crippen molar-refractivity contribution in [1.29, 1.82) is 0 Å². The summed E-state index contributed by atoms with van der Waals surface area (Å²) in [4.78, 5) is 23.9. The fourth-order valence-electron chi connectivity index (χ4n) is 1.88. The first kappa shape index (κ1) is 14.1.